The molecule has 148 valence electrons. The zero-order valence-electron chi connectivity index (χ0n) is 15.0. The van der Waals surface area contributed by atoms with E-state index in [1.807, 2.05) is 47.8 Å². The maximum Gasteiger partial charge on any atom is 0.277 e. The molecule has 1 N–H and O–H groups in total. The number of benzene rings is 2. The maximum atomic E-state index is 11.9. The van der Waals surface area contributed by atoms with E-state index >= 15 is 0 Å². The Morgan fingerprint density at radius 3 is 2.68 bits per heavy atom. The van der Waals surface area contributed by atoms with Crippen LogP contribution in [0.2, 0.25) is 5.02 Å². The molecule has 1 saturated heterocycles. The largest absolute Gasteiger partial charge is 0.494 e. The van der Waals surface area contributed by atoms with Gasteiger partial charge < -0.3 is 9.47 Å². The zero-order chi connectivity index (χ0) is 19.9. The van der Waals surface area contributed by atoms with Crippen molar-refractivity contribution in [3.63, 3.8) is 0 Å². The lowest BCUT2D eigenvalue weighted by Gasteiger charge is -2.10. The van der Waals surface area contributed by atoms with Gasteiger partial charge in [-0.1, -0.05) is 23.7 Å². The summed E-state index contributed by atoms with van der Waals surface area (Å²) >= 11 is 13.4. The van der Waals surface area contributed by atoms with Crippen molar-refractivity contribution in [1.29, 1.82) is 0 Å². The molecule has 0 aromatic heterocycles. The van der Waals surface area contributed by atoms with Gasteiger partial charge in [0, 0.05) is 11.5 Å². The van der Waals surface area contributed by atoms with Crippen molar-refractivity contribution in [3.05, 3.63) is 57.0 Å². The summed E-state index contributed by atoms with van der Waals surface area (Å²) in [5, 5.41) is 4.38. The fourth-order valence-electron chi connectivity index (χ4n) is 2.48. The van der Waals surface area contributed by atoms with Crippen molar-refractivity contribution in [2.75, 3.05) is 25.2 Å². The SMILES string of the molecule is COc1c(Cl)cc(/C=N\NC(=O)COc2ccc(C3SCCS3)cc2)cc1Br. The van der Waals surface area contributed by atoms with Crippen molar-refractivity contribution in [2.45, 2.75) is 4.58 Å². The Hall–Kier alpha value is -1.35. The van der Waals surface area contributed by atoms with Gasteiger partial charge >= 0.3 is 0 Å². The van der Waals surface area contributed by atoms with E-state index in [-0.39, 0.29) is 12.5 Å². The number of methoxy groups -OCH3 is 1. The van der Waals surface area contributed by atoms with E-state index in [4.69, 9.17) is 21.1 Å². The molecule has 1 heterocycles. The number of carbonyl (C=O) groups is 1. The fourth-order valence-corrected chi connectivity index (χ4v) is 6.40. The van der Waals surface area contributed by atoms with Crippen LogP contribution in [0.25, 0.3) is 0 Å². The van der Waals surface area contributed by atoms with Gasteiger partial charge in [-0.15, -0.1) is 23.5 Å². The summed E-state index contributed by atoms with van der Waals surface area (Å²) in [5.74, 6) is 3.23. The second-order valence-corrected chi connectivity index (χ2v) is 9.73. The molecule has 3 rings (SSSR count). The third-order valence-corrected chi connectivity index (χ3v) is 7.75. The molecule has 0 spiro atoms. The molecule has 1 fully saturated rings. The molecular formula is C19H18BrClN2O3S2. The number of thioether (sulfide) groups is 2. The molecule has 0 bridgehead atoms. The third-order valence-electron chi connectivity index (χ3n) is 3.77. The van der Waals surface area contributed by atoms with Gasteiger partial charge in [-0.3, -0.25) is 4.79 Å². The van der Waals surface area contributed by atoms with Crippen molar-refractivity contribution in [3.8, 4) is 11.5 Å². The lowest BCUT2D eigenvalue weighted by Crippen LogP contribution is -2.24. The fraction of sp³-hybridized carbons (Fsp3) is 0.263. The van der Waals surface area contributed by atoms with Gasteiger partial charge in [-0.25, -0.2) is 5.43 Å². The molecule has 0 aliphatic carbocycles. The molecule has 28 heavy (non-hydrogen) atoms. The van der Waals surface area contributed by atoms with Crippen LogP contribution < -0.4 is 14.9 Å². The van der Waals surface area contributed by atoms with E-state index in [1.54, 1.807) is 19.2 Å². The molecule has 9 heteroatoms. The predicted octanol–water partition coefficient (Wildman–Crippen LogP) is 5.12. The minimum Gasteiger partial charge on any atom is -0.494 e. The van der Waals surface area contributed by atoms with Gasteiger partial charge in [0.1, 0.15) is 5.75 Å². The first kappa shape index (κ1) is 21.4. The number of nitrogens with zero attached hydrogens (tertiary/aromatic N) is 1. The topological polar surface area (TPSA) is 59.9 Å². The summed E-state index contributed by atoms with van der Waals surface area (Å²) in [4.78, 5) is 11.9. The van der Waals surface area contributed by atoms with E-state index in [1.165, 1.54) is 23.3 Å². The number of ether oxygens (including phenoxy) is 2. The van der Waals surface area contributed by atoms with Crippen LogP contribution >= 0.6 is 51.1 Å². The minimum absolute atomic E-state index is 0.114. The average molecular weight is 502 g/mol. The first-order chi connectivity index (χ1) is 13.6. The molecule has 0 unspecified atom stereocenters. The van der Waals surface area contributed by atoms with Crippen molar-refractivity contribution >= 4 is 63.2 Å². The highest BCUT2D eigenvalue weighted by molar-refractivity contribution is 9.10. The number of nitrogens with one attached hydrogen (secondary N) is 1. The molecule has 0 saturated carbocycles. The number of halogens is 2. The minimum atomic E-state index is -0.346. The van der Waals surface area contributed by atoms with E-state index in [0.717, 1.165) is 5.56 Å². The van der Waals surface area contributed by atoms with Crippen LogP contribution in [-0.4, -0.2) is 37.3 Å². The zero-order valence-corrected chi connectivity index (χ0v) is 19.0. The first-order valence-corrected chi connectivity index (χ1v) is 11.6. The number of hydrogen-bond donors (Lipinski definition) is 1. The van der Waals surface area contributed by atoms with Gasteiger partial charge in [-0.2, -0.15) is 5.10 Å². The predicted molar refractivity (Wildman–Crippen MR) is 121 cm³/mol. The summed E-state index contributed by atoms with van der Waals surface area (Å²) < 4.78 is 11.9. The number of hydrazone groups is 1. The monoisotopic (exact) mass is 500 g/mol. The Balaban J connectivity index is 1.47. The van der Waals surface area contributed by atoms with Crippen LogP contribution in [-0.2, 0) is 4.79 Å². The Bertz CT molecular complexity index is 836. The molecule has 2 aromatic rings. The quantitative estimate of drug-likeness (QED) is 0.421. The summed E-state index contributed by atoms with van der Waals surface area (Å²) in [6.07, 6.45) is 1.50. The van der Waals surface area contributed by atoms with Gasteiger partial charge in [-0.05, 0) is 51.3 Å². The Labute approximate surface area is 185 Å². The van der Waals surface area contributed by atoms with E-state index in [9.17, 15) is 4.79 Å². The molecule has 1 aliphatic heterocycles. The van der Waals surface area contributed by atoms with E-state index < -0.39 is 0 Å². The van der Waals surface area contributed by atoms with Crippen LogP contribution in [0.3, 0.4) is 0 Å². The lowest BCUT2D eigenvalue weighted by atomic mass is 10.2. The molecular weight excluding hydrogens is 484 g/mol. The van der Waals surface area contributed by atoms with Gasteiger partial charge in [0.25, 0.3) is 5.91 Å². The van der Waals surface area contributed by atoms with Crippen LogP contribution in [0, 0.1) is 0 Å². The number of rotatable bonds is 7. The summed E-state index contributed by atoms with van der Waals surface area (Å²) in [5.41, 5.74) is 4.43. The van der Waals surface area contributed by atoms with Crippen LogP contribution in [0.4, 0.5) is 0 Å². The second-order valence-electron chi connectivity index (χ2n) is 5.74. The smallest absolute Gasteiger partial charge is 0.277 e. The number of amides is 1. The Kier molecular flexibility index (Phi) is 7.96. The Morgan fingerprint density at radius 1 is 1.32 bits per heavy atom. The highest BCUT2D eigenvalue weighted by Crippen LogP contribution is 2.45. The summed E-state index contributed by atoms with van der Waals surface area (Å²) in [6, 6.07) is 11.4. The van der Waals surface area contributed by atoms with Crippen molar-refractivity contribution in [2.24, 2.45) is 5.10 Å². The second kappa shape index (κ2) is 10.4. The highest BCUT2D eigenvalue weighted by atomic mass is 79.9. The summed E-state index contributed by atoms with van der Waals surface area (Å²) in [6.45, 7) is -0.114. The highest BCUT2D eigenvalue weighted by Gasteiger charge is 2.18. The van der Waals surface area contributed by atoms with Crippen LogP contribution in [0.15, 0.2) is 46.0 Å². The lowest BCUT2D eigenvalue weighted by molar-refractivity contribution is -0.123. The van der Waals surface area contributed by atoms with Crippen molar-refractivity contribution < 1.29 is 14.3 Å². The number of carbonyl (C=O) groups excluding carboxylic acids is 1. The van der Waals surface area contributed by atoms with Crippen LogP contribution in [0.5, 0.6) is 11.5 Å². The van der Waals surface area contributed by atoms with Crippen LogP contribution in [0.1, 0.15) is 15.7 Å². The normalized spacial score (nSPS) is 14.4. The van der Waals surface area contributed by atoms with E-state index in [2.05, 4.69) is 26.5 Å². The molecule has 2 aromatic carbocycles. The molecule has 1 aliphatic rings. The van der Waals surface area contributed by atoms with Gasteiger partial charge in [0.2, 0.25) is 0 Å². The van der Waals surface area contributed by atoms with E-state index in [0.29, 0.717) is 25.6 Å². The average Bonchev–Trinajstić information content (AvgIpc) is 3.21. The molecule has 0 radical (unpaired) electrons. The van der Waals surface area contributed by atoms with Gasteiger partial charge in [0.05, 0.1) is 27.4 Å². The molecule has 5 nitrogen and oxygen atoms in total. The Morgan fingerprint density at radius 2 is 2.04 bits per heavy atom. The van der Waals surface area contributed by atoms with Gasteiger partial charge in [0.15, 0.2) is 12.4 Å². The standard InChI is InChI=1S/C19H18BrClN2O3S2/c1-25-18-15(20)8-12(9-16(18)21)10-22-23-17(24)11-26-14-4-2-13(3-5-14)19-27-6-7-28-19/h2-5,8-10,19H,6-7,11H2,1H3,(H,23,24)/b22-10-. The molecule has 0 atom stereocenters. The maximum absolute atomic E-state index is 11.9. The molecule has 1 amide bonds. The first-order valence-electron chi connectivity index (χ1n) is 8.37. The summed E-state index contributed by atoms with van der Waals surface area (Å²) in [7, 11) is 1.54. The number of hydrogen-bond acceptors (Lipinski definition) is 6. The van der Waals surface area contributed by atoms with Crippen molar-refractivity contribution in [1.82, 2.24) is 5.43 Å². The third kappa shape index (κ3) is 5.83.